The molecule has 234 valence electrons. The summed E-state index contributed by atoms with van der Waals surface area (Å²) in [4.78, 5) is 4.61. The average Bonchev–Trinajstić information content (AvgIpc) is 3.53. The minimum absolute atomic E-state index is 0.870. The summed E-state index contributed by atoms with van der Waals surface area (Å²) in [5.41, 5.74) is 14.3. The summed E-state index contributed by atoms with van der Waals surface area (Å²) < 4.78 is 0. The third kappa shape index (κ3) is 6.33. The molecule has 2 bridgehead atoms. The molecule has 0 unspecified atom stereocenters. The van der Waals surface area contributed by atoms with E-state index in [2.05, 4.69) is 216 Å². The SMILES string of the molecule is C1=CC=C2CC(=C1)C(c1ccc(N(c3ccccc3)c3ccccc3)cc1)=CC=C2c1ccc(N(c2ccccc2)c2ccccc2)cc1. The fourth-order valence-corrected chi connectivity index (χ4v) is 6.76. The molecule has 0 N–H and O–H groups in total. The number of rotatable bonds is 8. The summed E-state index contributed by atoms with van der Waals surface area (Å²) in [5, 5.41) is 0. The predicted octanol–water partition coefficient (Wildman–Crippen LogP) is 12.9. The van der Waals surface area contributed by atoms with E-state index >= 15 is 0 Å². The van der Waals surface area contributed by atoms with Crippen LogP contribution in [0.2, 0.25) is 0 Å². The van der Waals surface area contributed by atoms with Crippen molar-refractivity contribution in [1.82, 2.24) is 0 Å². The van der Waals surface area contributed by atoms with E-state index < -0.39 is 0 Å². The van der Waals surface area contributed by atoms with E-state index in [9.17, 15) is 0 Å². The van der Waals surface area contributed by atoms with Gasteiger partial charge in [-0.2, -0.15) is 0 Å². The molecule has 6 aromatic rings. The average molecular weight is 629 g/mol. The number of benzene rings is 6. The van der Waals surface area contributed by atoms with E-state index in [-0.39, 0.29) is 0 Å². The molecule has 0 aliphatic heterocycles. The van der Waals surface area contributed by atoms with Crippen molar-refractivity contribution in [2.24, 2.45) is 0 Å². The second-order valence-electron chi connectivity index (χ2n) is 12.2. The molecule has 0 saturated heterocycles. The van der Waals surface area contributed by atoms with Crippen LogP contribution in [-0.4, -0.2) is 0 Å². The minimum atomic E-state index is 0.870. The van der Waals surface area contributed by atoms with E-state index in [1.807, 2.05) is 0 Å². The molecule has 0 aromatic heterocycles. The van der Waals surface area contributed by atoms with Crippen LogP contribution in [0, 0.1) is 0 Å². The lowest BCUT2D eigenvalue weighted by molar-refractivity contribution is 1.23. The normalized spacial score (nSPS) is 13.6. The smallest absolute Gasteiger partial charge is 0.0462 e. The first-order valence-electron chi connectivity index (χ1n) is 16.8. The van der Waals surface area contributed by atoms with Crippen molar-refractivity contribution in [3.8, 4) is 0 Å². The first-order valence-corrected chi connectivity index (χ1v) is 16.8. The van der Waals surface area contributed by atoms with Gasteiger partial charge in [-0.05, 0) is 113 Å². The summed E-state index contributed by atoms with van der Waals surface area (Å²) in [6.45, 7) is 0. The van der Waals surface area contributed by atoms with Crippen LogP contribution in [0.4, 0.5) is 34.1 Å². The maximum absolute atomic E-state index is 2.30. The highest BCUT2D eigenvalue weighted by molar-refractivity contribution is 5.92. The second-order valence-corrected chi connectivity index (χ2v) is 12.2. The summed E-state index contributed by atoms with van der Waals surface area (Å²) in [7, 11) is 0. The molecule has 2 nitrogen and oxygen atoms in total. The lowest BCUT2D eigenvalue weighted by atomic mass is 9.91. The molecule has 6 aromatic carbocycles. The lowest BCUT2D eigenvalue weighted by Crippen LogP contribution is -2.09. The molecule has 0 amide bonds. The van der Waals surface area contributed by atoms with Gasteiger partial charge in [-0.1, -0.05) is 134 Å². The van der Waals surface area contributed by atoms with Crippen LogP contribution < -0.4 is 9.80 Å². The third-order valence-electron chi connectivity index (χ3n) is 9.13. The molecule has 0 spiro atoms. The Hall–Kier alpha value is -6.38. The zero-order valence-corrected chi connectivity index (χ0v) is 27.2. The summed E-state index contributed by atoms with van der Waals surface area (Å²) in [6, 6.07) is 60.2. The highest BCUT2D eigenvalue weighted by Gasteiger charge is 2.20. The van der Waals surface area contributed by atoms with E-state index in [0.29, 0.717) is 0 Å². The largest absolute Gasteiger partial charge is 0.311 e. The second kappa shape index (κ2) is 13.8. The number of hydrogen-bond donors (Lipinski definition) is 0. The van der Waals surface area contributed by atoms with Crippen LogP contribution in [0.15, 0.2) is 217 Å². The van der Waals surface area contributed by atoms with Crippen molar-refractivity contribution in [3.63, 3.8) is 0 Å². The first-order chi connectivity index (χ1) is 24.3. The highest BCUT2D eigenvalue weighted by Crippen LogP contribution is 2.41. The van der Waals surface area contributed by atoms with Gasteiger partial charge in [-0.15, -0.1) is 0 Å². The number of anilines is 6. The van der Waals surface area contributed by atoms with Gasteiger partial charge < -0.3 is 9.80 Å². The standard InChI is InChI=1S/C47H36N2/c1-5-17-40(18-6-1)48(41-19-7-2-8-20-41)44-29-25-36(26-30-44)46-33-34-47(39-16-14-13-15-38(46)35-39)37-27-31-45(32-28-37)49(42-21-9-3-10-22-42)43-23-11-4-12-24-43/h1-34H,35H2. The first kappa shape index (κ1) is 30.0. The van der Waals surface area contributed by atoms with Gasteiger partial charge >= 0.3 is 0 Å². The Morgan fingerprint density at radius 1 is 0.286 bits per heavy atom. The summed E-state index contributed by atoms with van der Waals surface area (Å²) in [5.74, 6) is 0. The molecule has 0 heterocycles. The van der Waals surface area contributed by atoms with Crippen molar-refractivity contribution >= 4 is 45.3 Å². The minimum Gasteiger partial charge on any atom is -0.311 e. The monoisotopic (exact) mass is 628 g/mol. The molecule has 0 radical (unpaired) electrons. The van der Waals surface area contributed by atoms with Crippen LogP contribution in [0.5, 0.6) is 0 Å². The van der Waals surface area contributed by atoms with Crippen molar-refractivity contribution in [1.29, 1.82) is 0 Å². The van der Waals surface area contributed by atoms with Gasteiger partial charge in [0.15, 0.2) is 0 Å². The Morgan fingerprint density at radius 3 is 0.878 bits per heavy atom. The Labute approximate surface area is 289 Å². The molecule has 2 aliphatic carbocycles. The van der Waals surface area contributed by atoms with Gasteiger partial charge in [0.1, 0.15) is 0 Å². The molecule has 2 heteroatoms. The third-order valence-corrected chi connectivity index (χ3v) is 9.13. The Kier molecular flexibility index (Phi) is 8.43. The lowest BCUT2D eigenvalue weighted by Gasteiger charge is -2.25. The molecular weight excluding hydrogens is 593 g/mol. The number of allylic oxidation sites excluding steroid dienone is 10. The topological polar surface area (TPSA) is 6.48 Å². The molecule has 0 fully saturated rings. The molecular formula is C47H36N2. The summed E-state index contributed by atoms with van der Waals surface area (Å²) in [6.07, 6.45) is 14.3. The van der Waals surface area contributed by atoms with Gasteiger partial charge in [0.25, 0.3) is 0 Å². The van der Waals surface area contributed by atoms with Crippen LogP contribution in [-0.2, 0) is 0 Å². The highest BCUT2D eigenvalue weighted by atomic mass is 15.1. The van der Waals surface area contributed by atoms with E-state index in [4.69, 9.17) is 0 Å². The molecule has 49 heavy (non-hydrogen) atoms. The van der Waals surface area contributed by atoms with Gasteiger partial charge in [-0.3, -0.25) is 0 Å². The zero-order chi connectivity index (χ0) is 32.8. The van der Waals surface area contributed by atoms with Crippen LogP contribution in [0.1, 0.15) is 17.5 Å². The van der Waals surface area contributed by atoms with Crippen LogP contribution in [0.25, 0.3) is 11.1 Å². The van der Waals surface area contributed by atoms with Gasteiger partial charge in [0, 0.05) is 34.1 Å². The number of fused-ring (bicyclic) bond motifs is 2. The van der Waals surface area contributed by atoms with Crippen LogP contribution in [0.3, 0.4) is 0 Å². The van der Waals surface area contributed by atoms with E-state index in [1.54, 1.807) is 0 Å². The number of para-hydroxylation sites is 4. The molecule has 2 aliphatic rings. The van der Waals surface area contributed by atoms with Gasteiger partial charge in [-0.25, -0.2) is 0 Å². The molecule has 0 atom stereocenters. The fourth-order valence-electron chi connectivity index (χ4n) is 6.76. The van der Waals surface area contributed by atoms with E-state index in [0.717, 1.165) is 40.5 Å². The quantitative estimate of drug-likeness (QED) is 0.165. The summed E-state index contributed by atoms with van der Waals surface area (Å²) >= 11 is 0. The molecule has 0 saturated carbocycles. The Bertz CT molecular complexity index is 1950. The van der Waals surface area contributed by atoms with Crippen molar-refractivity contribution in [2.75, 3.05) is 9.80 Å². The van der Waals surface area contributed by atoms with Crippen LogP contribution >= 0.6 is 0 Å². The van der Waals surface area contributed by atoms with E-state index in [1.165, 1.54) is 33.4 Å². The maximum Gasteiger partial charge on any atom is 0.0462 e. The van der Waals surface area contributed by atoms with Gasteiger partial charge in [0.05, 0.1) is 0 Å². The molecule has 8 rings (SSSR count). The Balaban J connectivity index is 1.13. The number of nitrogens with zero attached hydrogens (tertiary/aromatic N) is 2. The van der Waals surface area contributed by atoms with Crippen molar-refractivity contribution < 1.29 is 0 Å². The zero-order valence-electron chi connectivity index (χ0n) is 27.2. The van der Waals surface area contributed by atoms with Crippen molar-refractivity contribution in [2.45, 2.75) is 6.42 Å². The van der Waals surface area contributed by atoms with Crippen molar-refractivity contribution in [3.05, 3.63) is 229 Å². The predicted molar refractivity (Wildman–Crippen MR) is 208 cm³/mol. The maximum atomic E-state index is 2.30. The Morgan fingerprint density at radius 2 is 0.571 bits per heavy atom. The fraction of sp³-hybridized carbons (Fsp3) is 0.0213. The number of hydrogen-bond acceptors (Lipinski definition) is 2. The van der Waals surface area contributed by atoms with Gasteiger partial charge in [0.2, 0.25) is 0 Å².